The van der Waals surface area contributed by atoms with Gasteiger partial charge in [0.05, 0.1) is 5.69 Å². The van der Waals surface area contributed by atoms with Crippen LogP contribution in [0.15, 0.2) is 5.38 Å². The van der Waals surface area contributed by atoms with Crippen LogP contribution in [0.25, 0.3) is 0 Å². The summed E-state index contributed by atoms with van der Waals surface area (Å²) in [6.45, 7) is 0.0905. The van der Waals surface area contributed by atoms with Crippen molar-refractivity contribution in [3.8, 4) is 0 Å². The van der Waals surface area contributed by atoms with Gasteiger partial charge >= 0.3 is 0 Å². The summed E-state index contributed by atoms with van der Waals surface area (Å²) in [6, 6.07) is 0. The zero-order valence-corrected chi connectivity index (χ0v) is 8.11. The first-order chi connectivity index (χ1) is 6.09. The highest BCUT2D eigenvalue weighted by atomic mass is 32.1. The van der Waals surface area contributed by atoms with Crippen LogP contribution < -0.4 is 5.73 Å². The lowest BCUT2D eigenvalue weighted by Crippen LogP contribution is -2.13. The zero-order valence-electron chi connectivity index (χ0n) is 6.48. The second-order valence-corrected chi connectivity index (χ2v) is 3.38. The maximum atomic E-state index is 8.64. The van der Waals surface area contributed by atoms with E-state index in [4.69, 9.17) is 21.0 Å². The molecule has 0 unspecified atom stereocenters. The number of nitrogens with zero attached hydrogens (tertiary/aromatic N) is 1. The van der Waals surface area contributed by atoms with Crippen LogP contribution in [0, 0.1) is 5.41 Å². The molecular formula is C6H7N3O2S2. The van der Waals surface area contributed by atoms with Crippen molar-refractivity contribution in [2.24, 2.45) is 0 Å². The van der Waals surface area contributed by atoms with Crippen molar-refractivity contribution < 1.29 is 9.84 Å². The first-order valence-electron chi connectivity index (χ1n) is 3.24. The van der Waals surface area contributed by atoms with Crippen molar-refractivity contribution in [3.05, 3.63) is 11.1 Å². The molecule has 1 heterocycles. The van der Waals surface area contributed by atoms with Gasteiger partial charge in [-0.25, -0.2) is 4.98 Å². The number of nitrogen functional groups attached to an aromatic ring is 1. The van der Waals surface area contributed by atoms with Gasteiger partial charge in [0.25, 0.3) is 5.90 Å². The van der Waals surface area contributed by atoms with Crippen LogP contribution in [0.1, 0.15) is 5.69 Å². The van der Waals surface area contributed by atoms with E-state index in [0.717, 1.165) is 0 Å². The molecule has 4 N–H and O–H groups in total. The molecule has 0 spiro atoms. The fraction of sp³-hybridized carbons (Fsp3) is 0.167. The molecule has 0 aliphatic carbocycles. The van der Waals surface area contributed by atoms with Crippen molar-refractivity contribution in [2.75, 3.05) is 5.73 Å². The minimum atomic E-state index is -0.566. The van der Waals surface area contributed by atoms with E-state index >= 15 is 0 Å². The number of aromatic nitrogens is 1. The number of aliphatic hydroxyl groups is 1. The van der Waals surface area contributed by atoms with Crippen LogP contribution in [0.2, 0.25) is 0 Å². The smallest absolute Gasteiger partial charge is 0.261 e. The Morgan fingerprint density at radius 3 is 3.00 bits per heavy atom. The number of hydrogen-bond donors (Lipinski definition) is 3. The van der Waals surface area contributed by atoms with Crippen molar-refractivity contribution in [1.82, 2.24) is 4.98 Å². The number of nitrogens with two attached hydrogens (primary N) is 1. The molecule has 1 aromatic heterocycles. The number of rotatable bonds is 2. The third kappa shape index (κ3) is 2.96. The Morgan fingerprint density at radius 2 is 2.54 bits per heavy atom. The number of thiocarbonyl (C=S) groups is 1. The van der Waals surface area contributed by atoms with E-state index in [0.29, 0.717) is 10.8 Å². The summed E-state index contributed by atoms with van der Waals surface area (Å²) >= 11 is 5.59. The summed E-state index contributed by atoms with van der Waals surface area (Å²) in [5, 5.41) is 17.3. The highest BCUT2D eigenvalue weighted by molar-refractivity contribution is 7.81. The highest BCUT2D eigenvalue weighted by Crippen LogP contribution is 2.11. The van der Waals surface area contributed by atoms with E-state index in [-0.39, 0.29) is 6.61 Å². The van der Waals surface area contributed by atoms with Crippen molar-refractivity contribution in [1.29, 1.82) is 5.41 Å². The maximum absolute atomic E-state index is 8.64. The third-order valence-electron chi connectivity index (χ3n) is 1.13. The molecule has 0 saturated heterocycles. The van der Waals surface area contributed by atoms with Gasteiger partial charge in [-0.1, -0.05) is 0 Å². The molecule has 70 valence electrons. The van der Waals surface area contributed by atoms with E-state index in [1.165, 1.54) is 11.3 Å². The molecule has 0 aliphatic rings. The Labute approximate surface area is 83.7 Å². The van der Waals surface area contributed by atoms with Gasteiger partial charge in [0.15, 0.2) is 5.13 Å². The molecule has 0 radical (unpaired) electrons. The molecule has 0 aliphatic heterocycles. The quantitative estimate of drug-likeness (QED) is 0.392. The molecule has 0 amide bonds. The van der Waals surface area contributed by atoms with Gasteiger partial charge in [-0.3, -0.25) is 5.41 Å². The van der Waals surface area contributed by atoms with Gasteiger partial charge < -0.3 is 15.6 Å². The lowest BCUT2D eigenvalue weighted by molar-refractivity contribution is 0.287. The second kappa shape index (κ2) is 4.15. The largest absolute Gasteiger partial charge is 0.495 e. The van der Waals surface area contributed by atoms with Crippen LogP contribution in [0.4, 0.5) is 5.13 Å². The van der Waals surface area contributed by atoms with Gasteiger partial charge in [0.1, 0.15) is 6.61 Å². The van der Waals surface area contributed by atoms with Gasteiger partial charge in [-0.05, 0) is 12.2 Å². The first-order valence-corrected chi connectivity index (χ1v) is 4.53. The van der Waals surface area contributed by atoms with Crippen LogP contribution in [-0.2, 0) is 11.3 Å². The van der Waals surface area contributed by atoms with E-state index in [1.807, 2.05) is 0 Å². The molecule has 0 aromatic carbocycles. The zero-order chi connectivity index (χ0) is 9.84. The average Bonchev–Trinajstić information content (AvgIpc) is 2.47. The summed E-state index contributed by atoms with van der Waals surface area (Å²) in [4.78, 5) is 3.89. The molecule has 1 rings (SSSR count). The summed E-state index contributed by atoms with van der Waals surface area (Å²) in [5.41, 5.74) is 5.98. The first kappa shape index (κ1) is 9.87. The summed E-state index contributed by atoms with van der Waals surface area (Å²) < 4.78 is 4.78. The Hall–Kier alpha value is -1.21. The minimum Gasteiger partial charge on any atom is -0.495 e. The van der Waals surface area contributed by atoms with Gasteiger partial charge in [-0.2, -0.15) is 0 Å². The fourth-order valence-corrected chi connectivity index (χ4v) is 1.20. The highest BCUT2D eigenvalue weighted by Gasteiger charge is 2.05. The van der Waals surface area contributed by atoms with Crippen LogP contribution in [0.3, 0.4) is 0 Å². The second-order valence-electron chi connectivity index (χ2n) is 2.10. The van der Waals surface area contributed by atoms with Gasteiger partial charge in [0, 0.05) is 5.38 Å². The molecule has 7 heteroatoms. The molecule has 0 saturated carbocycles. The van der Waals surface area contributed by atoms with Gasteiger partial charge in [0.2, 0.25) is 5.05 Å². The van der Waals surface area contributed by atoms with Gasteiger partial charge in [-0.15, -0.1) is 11.3 Å². The average molecular weight is 217 g/mol. The lowest BCUT2D eigenvalue weighted by Gasteiger charge is -2.01. The van der Waals surface area contributed by atoms with Crippen molar-refractivity contribution >= 4 is 39.6 Å². The Kier molecular flexibility index (Phi) is 3.15. The Balaban J connectivity index is 2.44. The van der Waals surface area contributed by atoms with E-state index < -0.39 is 10.9 Å². The summed E-state index contributed by atoms with van der Waals surface area (Å²) in [7, 11) is 0. The number of hydrogen-bond acceptors (Lipinski definition) is 6. The Bertz CT molecular complexity index is 336. The van der Waals surface area contributed by atoms with E-state index in [2.05, 4.69) is 17.2 Å². The van der Waals surface area contributed by atoms with Crippen molar-refractivity contribution in [3.63, 3.8) is 0 Å². The monoisotopic (exact) mass is 217 g/mol. The topological polar surface area (TPSA) is 92.2 Å². The normalized spacial score (nSPS) is 9.54. The Morgan fingerprint density at radius 1 is 1.85 bits per heavy atom. The molecule has 1 aromatic rings. The molecule has 0 fully saturated rings. The van der Waals surface area contributed by atoms with E-state index in [1.54, 1.807) is 5.38 Å². The maximum Gasteiger partial charge on any atom is 0.261 e. The minimum absolute atomic E-state index is 0.0905. The predicted octanol–water partition coefficient (Wildman–Crippen LogP) is 1.10. The SMILES string of the molecule is N=C(OCc1csc(N)n1)C(O)=S. The number of anilines is 1. The summed E-state index contributed by atoms with van der Waals surface area (Å²) in [6.07, 6.45) is 0. The lowest BCUT2D eigenvalue weighted by atomic mass is 10.5. The standard InChI is InChI=1S/C6H7N3O2S2/c7-4(5(10)12)11-1-3-2-13-6(8)9-3/h2,7H,1H2,(H2,8,9)(H,10,12). The number of aliphatic hydroxyl groups excluding tert-OH is 1. The number of thiazole rings is 1. The van der Waals surface area contributed by atoms with Crippen LogP contribution in [0.5, 0.6) is 0 Å². The molecule has 13 heavy (non-hydrogen) atoms. The molecule has 0 bridgehead atoms. The van der Waals surface area contributed by atoms with Crippen LogP contribution in [-0.4, -0.2) is 21.0 Å². The summed E-state index contributed by atoms with van der Waals surface area (Å²) in [5.74, 6) is -0.429. The number of nitrogens with one attached hydrogen (secondary N) is 1. The molecular weight excluding hydrogens is 210 g/mol. The van der Waals surface area contributed by atoms with Crippen LogP contribution >= 0.6 is 23.6 Å². The van der Waals surface area contributed by atoms with Crippen molar-refractivity contribution in [2.45, 2.75) is 6.61 Å². The van der Waals surface area contributed by atoms with E-state index in [9.17, 15) is 0 Å². The molecule has 0 atom stereocenters. The molecule has 5 nitrogen and oxygen atoms in total. The fourth-order valence-electron chi connectivity index (χ4n) is 0.597. The predicted molar refractivity (Wildman–Crippen MR) is 54.3 cm³/mol. The number of ether oxygens (including phenoxy) is 1. The third-order valence-corrected chi connectivity index (χ3v) is 2.04.